The van der Waals surface area contributed by atoms with Crippen molar-refractivity contribution in [3.63, 3.8) is 0 Å². The lowest BCUT2D eigenvalue weighted by Crippen LogP contribution is -2.47. The Kier molecular flexibility index (Phi) is 4.97. The van der Waals surface area contributed by atoms with E-state index in [1.807, 2.05) is 16.5 Å². The summed E-state index contributed by atoms with van der Waals surface area (Å²) in [5.74, 6) is 0.493. The first kappa shape index (κ1) is 17.2. The van der Waals surface area contributed by atoms with Crippen LogP contribution in [0.25, 0.3) is 0 Å². The SMILES string of the molecule is CN(Cc1nccs1)[C@H]1CC12CCN(C(=O)NC[C@@H]1CCOC1)CC2. The molecule has 1 aromatic rings. The van der Waals surface area contributed by atoms with E-state index < -0.39 is 0 Å². The Balaban J connectivity index is 1.21. The second-order valence-electron chi connectivity index (χ2n) is 7.83. The molecule has 3 fully saturated rings. The van der Waals surface area contributed by atoms with Crippen LogP contribution in [-0.2, 0) is 11.3 Å². The van der Waals surface area contributed by atoms with Crippen molar-refractivity contribution in [1.82, 2.24) is 20.1 Å². The largest absolute Gasteiger partial charge is 0.381 e. The number of ether oxygens (including phenoxy) is 1. The number of carbonyl (C=O) groups excluding carboxylic acids is 1. The van der Waals surface area contributed by atoms with Crippen LogP contribution in [0.3, 0.4) is 0 Å². The van der Waals surface area contributed by atoms with Crippen molar-refractivity contribution in [3.05, 3.63) is 16.6 Å². The summed E-state index contributed by atoms with van der Waals surface area (Å²) in [4.78, 5) is 21.2. The van der Waals surface area contributed by atoms with Gasteiger partial charge in [-0.3, -0.25) is 4.90 Å². The van der Waals surface area contributed by atoms with Crippen LogP contribution >= 0.6 is 11.3 Å². The molecule has 138 valence electrons. The minimum absolute atomic E-state index is 0.107. The third-order valence-electron chi connectivity index (χ3n) is 6.16. The van der Waals surface area contributed by atoms with Gasteiger partial charge in [-0.1, -0.05) is 0 Å². The zero-order chi connectivity index (χ0) is 17.3. The van der Waals surface area contributed by atoms with Gasteiger partial charge in [-0.25, -0.2) is 9.78 Å². The number of urea groups is 1. The van der Waals surface area contributed by atoms with Crippen LogP contribution in [0, 0.1) is 11.3 Å². The molecule has 1 aromatic heterocycles. The van der Waals surface area contributed by atoms with Crippen LogP contribution in [-0.4, -0.2) is 66.8 Å². The van der Waals surface area contributed by atoms with Gasteiger partial charge in [-0.2, -0.15) is 0 Å². The Bertz CT molecular complexity index is 580. The summed E-state index contributed by atoms with van der Waals surface area (Å²) < 4.78 is 5.37. The Morgan fingerprint density at radius 1 is 1.52 bits per heavy atom. The standard InChI is InChI=1S/C18H28N4O2S/c1-21(12-16-19-5-9-25-16)15-10-18(15)3-6-22(7-4-18)17(23)20-11-14-2-8-24-13-14/h5,9,14-15H,2-4,6-8,10-13H2,1H3,(H,20,23)/t14-,15-/m0/s1. The fourth-order valence-electron chi connectivity index (χ4n) is 4.38. The molecular weight excluding hydrogens is 336 g/mol. The van der Waals surface area contributed by atoms with E-state index in [9.17, 15) is 4.79 Å². The highest BCUT2D eigenvalue weighted by molar-refractivity contribution is 7.09. The fourth-order valence-corrected chi connectivity index (χ4v) is 5.06. The van der Waals surface area contributed by atoms with E-state index in [-0.39, 0.29) is 6.03 Å². The van der Waals surface area contributed by atoms with Crippen LogP contribution < -0.4 is 5.32 Å². The predicted molar refractivity (Wildman–Crippen MR) is 97.6 cm³/mol. The van der Waals surface area contributed by atoms with Gasteiger partial charge in [-0.15, -0.1) is 11.3 Å². The van der Waals surface area contributed by atoms with E-state index in [1.165, 1.54) is 11.4 Å². The lowest BCUT2D eigenvalue weighted by atomic mass is 9.92. The third-order valence-corrected chi connectivity index (χ3v) is 6.92. The van der Waals surface area contributed by atoms with E-state index in [1.54, 1.807) is 11.3 Å². The number of aromatic nitrogens is 1. The van der Waals surface area contributed by atoms with Crippen LogP contribution in [0.2, 0.25) is 0 Å². The van der Waals surface area contributed by atoms with Gasteiger partial charge in [0.2, 0.25) is 0 Å². The van der Waals surface area contributed by atoms with Gasteiger partial charge >= 0.3 is 6.03 Å². The number of likely N-dealkylation sites (tertiary alicyclic amines) is 1. The van der Waals surface area contributed by atoms with Gasteiger partial charge in [-0.05, 0) is 38.1 Å². The summed E-state index contributed by atoms with van der Waals surface area (Å²) in [6, 6.07) is 0.757. The van der Waals surface area contributed by atoms with Gasteiger partial charge < -0.3 is 15.0 Å². The van der Waals surface area contributed by atoms with E-state index >= 15 is 0 Å². The molecule has 0 bridgehead atoms. The summed E-state index contributed by atoms with van der Waals surface area (Å²) in [5, 5.41) is 6.33. The molecule has 4 rings (SSSR count). The summed E-state index contributed by atoms with van der Waals surface area (Å²) in [7, 11) is 2.21. The van der Waals surface area contributed by atoms with Crippen LogP contribution in [0.15, 0.2) is 11.6 Å². The molecule has 0 radical (unpaired) electrons. The number of nitrogens with zero attached hydrogens (tertiary/aromatic N) is 3. The number of hydrogen-bond donors (Lipinski definition) is 1. The Morgan fingerprint density at radius 2 is 2.36 bits per heavy atom. The highest BCUT2D eigenvalue weighted by Gasteiger charge is 2.56. The zero-order valence-corrected chi connectivity index (χ0v) is 15.8. The van der Waals surface area contributed by atoms with Gasteiger partial charge in [0.25, 0.3) is 0 Å². The first-order chi connectivity index (χ1) is 12.2. The number of rotatable bonds is 5. The molecule has 0 unspecified atom stereocenters. The maximum Gasteiger partial charge on any atom is 0.317 e. The van der Waals surface area contributed by atoms with E-state index in [0.29, 0.717) is 17.4 Å². The lowest BCUT2D eigenvalue weighted by Gasteiger charge is -2.34. The number of amides is 2. The molecule has 1 spiro atoms. The molecule has 1 saturated carbocycles. The van der Waals surface area contributed by atoms with E-state index in [0.717, 1.165) is 58.7 Å². The number of carbonyl (C=O) groups is 1. The van der Waals surface area contributed by atoms with E-state index in [2.05, 4.69) is 22.2 Å². The molecule has 3 heterocycles. The number of piperidine rings is 1. The van der Waals surface area contributed by atoms with Crippen molar-refractivity contribution >= 4 is 17.4 Å². The maximum absolute atomic E-state index is 12.4. The minimum atomic E-state index is 0.107. The average molecular weight is 365 g/mol. The first-order valence-corrected chi connectivity index (χ1v) is 10.2. The van der Waals surface area contributed by atoms with Crippen molar-refractivity contribution < 1.29 is 9.53 Å². The number of hydrogen-bond acceptors (Lipinski definition) is 5. The minimum Gasteiger partial charge on any atom is -0.381 e. The summed E-state index contributed by atoms with van der Waals surface area (Å²) >= 11 is 1.73. The molecule has 2 aliphatic heterocycles. The molecule has 1 aliphatic carbocycles. The number of nitrogens with one attached hydrogen (secondary N) is 1. The molecular formula is C18H28N4O2S. The van der Waals surface area contributed by atoms with E-state index in [4.69, 9.17) is 4.74 Å². The zero-order valence-electron chi connectivity index (χ0n) is 14.9. The van der Waals surface area contributed by atoms with Gasteiger partial charge in [0.05, 0.1) is 13.2 Å². The molecule has 6 nitrogen and oxygen atoms in total. The normalized spacial score (nSPS) is 27.8. The third kappa shape index (κ3) is 3.83. The summed E-state index contributed by atoms with van der Waals surface area (Å²) in [6.07, 6.45) is 6.46. The fraction of sp³-hybridized carbons (Fsp3) is 0.778. The topological polar surface area (TPSA) is 57.7 Å². The second kappa shape index (κ2) is 7.21. The smallest absolute Gasteiger partial charge is 0.317 e. The van der Waals surface area contributed by atoms with Crippen molar-refractivity contribution in [2.75, 3.05) is 39.9 Å². The van der Waals surface area contributed by atoms with Crippen molar-refractivity contribution in [2.45, 2.75) is 38.3 Å². The highest BCUT2D eigenvalue weighted by Crippen LogP contribution is 2.56. The quantitative estimate of drug-likeness (QED) is 0.870. The Hall–Kier alpha value is -1.18. The van der Waals surface area contributed by atoms with Crippen molar-refractivity contribution in [2.24, 2.45) is 11.3 Å². The molecule has 25 heavy (non-hydrogen) atoms. The lowest BCUT2D eigenvalue weighted by molar-refractivity contribution is 0.146. The second-order valence-corrected chi connectivity index (χ2v) is 8.81. The molecule has 2 saturated heterocycles. The molecule has 1 N–H and O–H groups in total. The molecule has 0 aromatic carbocycles. The summed E-state index contributed by atoms with van der Waals surface area (Å²) in [5.41, 5.74) is 0.433. The highest BCUT2D eigenvalue weighted by atomic mass is 32.1. The molecule has 2 amide bonds. The Labute approximate surface area is 153 Å². The summed E-state index contributed by atoms with van der Waals surface area (Å²) in [6.45, 7) is 5.08. The molecule has 7 heteroatoms. The van der Waals surface area contributed by atoms with Crippen molar-refractivity contribution in [1.29, 1.82) is 0 Å². The van der Waals surface area contributed by atoms with Crippen LogP contribution in [0.4, 0.5) is 4.79 Å². The maximum atomic E-state index is 12.4. The van der Waals surface area contributed by atoms with Gasteiger partial charge in [0, 0.05) is 49.8 Å². The molecule has 3 aliphatic rings. The van der Waals surface area contributed by atoms with Crippen LogP contribution in [0.1, 0.15) is 30.7 Å². The van der Waals surface area contributed by atoms with Crippen molar-refractivity contribution in [3.8, 4) is 0 Å². The van der Waals surface area contributed by atoms with Gasteiger partial charge in [0.1, 0.15) is 5.01 Å². The number of thiazole rings is 1. The van der Waals surface area contributed by atoms with Gasteiger partial charge in [0.15, 0.2) is 0 Å². The predicted octanol–water partition coefficient (Wildman–Crippen LogP) is 2.18. The van der Waals surface area contributed by atoms with Crippen LogP contribution in [0.5, 0.6) is 0 Å². The Morgan fingerprint density at radius 3 is 3.04 bits per heavy atom. The monoisotopic (exact) mass is 364 g/mol. The first-order valence-electron chi connectivity index (χ1n) is 9.35. The molecule has 2 atom stereocenters. The average Bonchev–Trinajstić information content (AvgIpc) is 3.04.